The third-order valence-electron chi connectivity index (χ3n) is 12.1. The molecule has 1 fully saturated rings. The fourth-order valence-corrected chi connectivity index (χ4v) is 7.89. The number of anilines is 2. The summed E-state index contributed by atoms with van der Waals surface area (Å²) in [6.07, 6.45) is 0. The van der Waals surface area contributed by atoms with Gasteiger partial charge in [0.1, 0.15) is 34.4 Å². The lowest BCUT2D eigenvalue weighted by atomic mass is 9.79. The number of carbonyl (C=O) groups is 2. The van der Waals surface area contributed by atoms with Gasteiger partial charge >= 0.3 is 18.6 Å². The van der Waals surface area contributed by atoms with Crippen molar-refractivity contribution >= 4 is 73.9 Å². The number of rotatable bonds is 8. The van der Waals surface area contributed by atoms with Crippen LogP contribution in [0.15, 0.2) is 132 Å². The highest BCUT2D eigenvalue weighted by atomic mass is 79.9. The van der Waals surface area contributed by atoms with E-state index in [0.29, 0.717) is 41.1 Å². The first-order chi connectivity index (χ1) is 33.1. The molecule has 1 saturated heterocycles. The molecule has 0 atom stereocenters. The van der Waals surface area contributed by atoms with Crippen LogP contribution in [0.5, 0.6) is 0 Å². The predicted molar refractivity (Wildman–Crippen MR) is 266 cm³/mol. The van der Waals surface area contributed by atoms with Crippen molar-refractivity contribution in [3.8, 4) is 11.1 Å². The molecule has 2 amide bonds. The molecule has 12 nitrogen and oxygen atoms in total. The van der Waals surface area contributed by atoms with Gasteiger partial charge in [0.15, 0.2) is 11.2 Å². The van der Waals surface area contributed by atoms with E-state index in [-0.39, 0.29) is 5.76 Å². The molecule has 362 valence electrons. The van der Waals surface area contributed by atoms with Gasteiger partial charge in [-0.2, -0.15) is 0 Å². The van der Waals surface area contributed by atoms with Gasteiger partial charge in [0.25, 0.3) is 11.8 Å². The van der Waals surface area contributed by atoms with Crippen LogP contribution in [-0.2, 0) is 22.4 Å². The first kappa shape index (κ1) is 50.9. The molecule has 1 aliphatic rings. The number of aryl methyl sites for hydroxylation is 4. The molecule has 9 rings (SSSR count). The Kier molecular flexibility index (Phi) is 14.9. The summed E-state index contributed by atoms with van der Waals surface area (Å²) in [5.74, 6) is -6.05. The number of carbonyl (C=O) groups excluding carboxylic acids is 2. The van der Waals surface area contributed by atoms with Gasteiger partial charge in [-0.25, -0.2) is 27.2 Å². The van der Waals surface area contributed by atoms with E-state index in [0.717, 1.165) is 62.0 Å². The summed E-state index contributed by atoms with van der Waals surface area (Å²) in [6, 6.07) is 27.7. The number of hydrogen-bond donors (Lipinski definition) is 2. The molecule has 0 radical (unpaired) electrons. The molecule has 0 bridgehead atoms. The summed E-state index contributed by atoms with van der Waals surface area (Å²) >= 11 is 3.43. The van der Waals surface area contributed by atoms with Gasteiger partial charge in [-0.1, -0.05) is 52.3 Å². The molecule has 3 heterocycles. The summed E-state index contributed by atoms with van der Waals surface area (Å²) in [6.45, 7) is 16.6. The van der Waals surface area contributed by atoms with E-state index in [1.807, 2.05) is 79.7 Å². The zero-order valence-corrected chi connectivity index (χ0v) is 41.0. The summed E-state index contributed by atoms with van der Waals surface area (Å²) in [5, 5.41) is 4.99. The van der Waals surface area contributed by atoms with Crippen molar-refractivity contribution in [3.63, 3.8) is 0 Å². The third-order valence-corrected chi connectivity index (χ3v) is 13.0. The largest absolute Gasteiger partial charge is 0.494 e. The van der Waals surface area contributed by atoms with E-state index in [1.165, 1.54) is 12.1 Å². The summed E-state index contributed by atoms with van der Waals surface area (Å²) in [4.78, 5) is 47.7. The molecule has 0 spiro atoms. The second-order valence-corrected chi connectivity index (χ2v) is 18.2. The van der Waals surface area contributed by atoms with Crippen LogP contribution < -0.4 is 27.6 Å². The van der Waals surface area contributed by atoms with Crippen molar-refractivity contribution in [2.75, 3.05) is 10.6 Å². The van der Waals surface area contributed by atoms with Crippen molar-refractivity contribution < 1.29 is 45.3 Å². The van der Waals surface area contributed by atoms with Gasteiger partial charge in [-0.3, -0.25) is 18.7 Å². The topological polar surface area (TPSA) is 147 Å². The lowest BCUT2D eigenvalue weighted by Crippen LogP contribution is -2.41. The van der Waals surface area contributed by atoms with E-state index in [2.05, 4.69) is 26.6 Å². The van der Waals surface area contributed by atoms with Crippen LogP contribution >= 0.6 is 15.9 Å². The number of halogens is 5. The smallest absolute Gasteiger partial charge is 0.408 e. The zero-order chi connectivity index (χ0) is 50.8. The van der Waals surface area contributed by atoms with Crippen molar-refractivity contribution in [1.82, 2.24) is 9.13 Å². The first-order valence-corrected chi connectivity index (χ1v) is 22.9. The molecule has 2 N–H and O–H groups in total. The minimum atomic E-state index is -0.921. The Hall–Kier alpha value is -7.02. The monoisotopic (exact) mass is 1020 g/mol. The maximum Gasteiger partial charge on any atom is 0.494 e. The average molecular weight is 1020 g/mol. The fourth-order valence-electron chi connectivity index (χ4n) is 7.56. The zero-order valence-electron chi connectivity index (χ0n) is 39.4. The van der Waals surface area contributed by atoms with Crippen LogP contribution in [0.1, 0.15) is 73.4 Å². The molecule has 6 aromatic carbocycles. The number of fused-ring (bicyclic) bond motifs is 2. The second-order valence-electron chi connectivity index (χ2n) is 17.3. The van der Waals surface area contributed by atoms with Crippen LogP contribution in [-0.4, -0.2) is 39.3 Å². The predicted octanol–water partition coefficient (Wildman–Crippen LogP) is 11.3. The van der Waals surface area contributed by atoms with Gasteiger partial charge in [0.05, 0.1) is 22.2 Å². The second kappa shape index (κ2) is 20.5. The number of nitrogens with one attached hydrogen (secondary N) is 2. The Morgan fingerprint density at radius 3 is 1.43 bits per heavy atom. The Balaban J connectivity index is 0.000000164. The standard InChI is InChI=1S/C23H18F2N2O3.C19H20BF2NO3.C10H10BrNO2/c1-3-27-19-12-16(13(2)11-20(19)30-23(27)29)14-7-9-15(10-8-14)26-22(28)21-17(24)5-4-6-18(21)25;1-18(2)19(3,4)26-20(25-18)12-8-10-13(11-9-12)23-17(24)16-14(21)6-5-7-15(16)22;1-3-12-8-5-7(11)6(2)4-9(8)14-10(12)13/h4-12H,3H2,1-2H3,(H,26,28);5-11H,1-4H3,(H,23,24);4-5H,3H2,1-2H3. The van der Waals surface area contributed by atoms with Crippen molar-refractivity contribution in [2.45, 2.75) is 79.7 Å². The van der Waals surface area contributed by atoms with Crippen molar-refractivity contribution in [1.29, 1.82) is 0 Å². The summed E-state index contributed by atoms with van der Waals surface area (Å²) < 4.78 is 81.4. The SMILES string of the molecule is CC1(C)OB(c2ccc(NC(=O)c3c(F)cccc3F)cc2)OC1(C)C.CCn1c(=O)oc2cc(C)c(-c3ccc(NC(=O)c4c(F)cccc4F)cc3)cc21.CCn1c(=O)oc2cc(C)c(Br)cc21. The molecule has 70 heavy (non-hydrogen) atoms. The van der Waals surface area contributed by atoms with E-state index >= 15 is 0 Å². The van der Waals surface area contributed by atoms with Crippen LogP contribution in [0.3, 0.4) is 0 Å². The molecular formula is C52H48BBrF4N4O8. The number of oxazole rings is 2. The Bertz CT molecular complexity index is 3330. The number of aromatic nitrogens is 2. The Morgan fingerprint density at radius 2 is 1.00 bits per heavy atom. The third kappa shape index (κ3) is 10.6. The first-order valence-electron chi connectivity index (χ1n) is 22.1. The summed E-state index contributed by atoms with van der Waals surface area (Å²) in [7, 11) is -0.520. The van der Waals surface area contributed by atoms with Crippen LogP contribution in [0.4, 0.5) is 28.9 Å². The average Bonchev–Trinajstić information content (AvgIpc) is 3.86. The number of benzene rings is 6. The number of nitrogens with zero attached hydrogens (tertiary/aromatic N) is 2. The molecule has 1 aliphatic heterocycles. The van der Waals surface area contributed by atoms with E-state index in [1.54, 1.807) is 57.7 Å². The molecule has 2 aromatic heterocycles. The van der Waals surface area contributed by atoms with Crippen LogP contribution in [0.25, 0.3) is 33.3 Å². The maximum atomic E-state index is 13.8. The van der Waals surface area contributed by atoms with Crippen LogP contribution in [0.2, 0.25) is 0 Å². The van der Waals surface area contributed by atoms with Crippen molar-refractivity contribution in [2.24, 2.45) is 0 Å². The van der Waals surface area contributed by atoms with Gasteiger partial charge in [0.2, 0.25) is 0 Å². The minimum absolute atomic E-state index is 0.292. The molecule has 18 heteroatoms. The van der Waals surface area contributed by atoms with Gasteiger partial charge in [-0.05, 0) is 156 Å². The molecule has 0 unspecified atom stereocenters. The van der Waals surface area contributed by atoms with Crippen molar-refractivity contribution in [3.05, 3.63) is 180 Å². The maximum absolute atomic E-state index is 13.8. The highest BCUT2D eigenvalue weighted by Gasteiger charge is 2.51. The van der Waals surface area contributed by atoms with E-state index in [4.69, 9.17) is 18.1 Å². The molecular weight excluding hydrogens is 975 g/mol. The molecule has 8 aromatic rings. The highest BCUT2D eigenvalue weighted by Crippen LogP contribution is 2.37. The van der Waals surface area contributed by atoms with Gasteiger partial charge < -0.3 is 28.8 Å². The lowest BCUT2D eigenvalue weighted by Gasteiger charge is -2.32. The lowest BCUT2D eigenvalue weighted by molar-refractivity contribution is 0.00578. The fraction of sp³-hybridized carbons (Fsp3) is 0.231. The Labute approximate surface area is 408 Å². The van der Waals surface area contributed by atoms with E-state index < -0.39 is 70.3 Å². The number of amides is 2. The quantitative estimate of drug-likeness (QED) is 0.113. The Morgan fingerprint density at radius 1 is 0.600 bits per heavy atom. The normalized spacial score (nSPS) is 13.6. The highest BCUT2D eigenvalue weighted by molar-refractivity contribution is 9.10. The van der Waals surface area contributed by atoms with Gasteiger partial charge in [0, 0.05) is 28.9 Å². The van der Waals surface area contributed by atoms with Crippen LogP contribution in [0, 0.1) is 37.1 Å². The van der Waals surface area contributed by atoms with E-state index in [9.17, 15) is 36.7 Å². The number of hydrogen-bond acceptors (Lipinski definition) is 8. The van der Waals surface area contributed by atoms with Gasteiger partial charge in [-0.15, -0.1) is 0 Å². The summed E-state index contributed by atoms with van der Waals surface area (Å²) in [5.41, 5.74) is 5.95. The molecule has 0 aliphatic carbocycles. The molecule has 0 saturated carbocycles. The minimum Gasteiger partial charge on any atom is -0.408 e.